The van der Waals surface area contributed by atoms with Crippen molar-refractivity contribution in [2.24, 2.45) is 4.99 Å². The van der Waals surface area contributed by atoms with Crippen molar-refractivity contribution in [2.75, 3.05) is 7.11 Å². The maximum Gasteiger partial charge on any atom is 0.337 e. The lowest BCUT2D eigenvalue weighted by atomic mass is 9.99. The van der Waals surface area contributed by atoms with Crippen molar-refractivity contribution < 1.29 is 45.6 Å². The summed E-state index contributed by atoms with van der Waals surface area (Å²) in [5.41, 5.74) is -0.707. The Morgan fingerprint density at radius 1 is 1.27 bits per heavy atom. The second-order valence-corrected chi connectivity index (χ2v) is 8.52. The van der Waals surface area contributed by atoms with Gasteiger partial charge < -0.3 is 29.5 Å². The Kier molecular flexibility index (Phi) is 5.52. The first-order valence-electron chi connectivity index (χ1n) is 13.4. The molecule has 2 aliphatic rings. The van der Waals surface area contributed by atoms with Crippen molar-refractivity contribution in [1.29, 1.82) is 0 Å². The fraction of sp³-hybridized carbons (Fsp3) is 0.320. The van der Waals surface area contributed by atoms with Crippen LogP contribution in [0.5, 0.6) is 0 Å². The number of aliphatic imine (C=N–C) groups is 1. The van der Waals surface area contributed by atoms with E-state index in [9.17, 15) is 24.5 Å². The zero-order chi connectivity index (χ0) is 30.7. The monoisotopic (exact) mass is 536 g/mol. The van der Waals surface area contributed by atoms with Gasteiger partial charge >= 0.3 is 5.97 Å². The lowest BCUT2D eigenvalue weighted by molar-refractivity contribution is -0.298. The number of halogens is 2. The molecule has 3 aromatic rings. The zero-order valence-corrected chi connectivity index (χ0v) is 19.8. The van der Waals surface area contributed by atoms with Crippen LogP contribution in [0.3, 0.4) is 0 Å². The van der Waals surface area contributed by atoms with E-state index in [0.29, 0.717) is 0 Å². The van der Waals surface area contributed by atoms with E-state index in [-0.39, 0.29) is 27.5 Å². The molecule has 0 aliphatic carbocycles. The third-order valence-electron chi connectivity index (χ3n) is 5.83. The molecule has 194 valence electrons. The van der Waals surface area contributed by atoms with Crippen LogP contribution in [0, 0.1) is 5.82 Å². The molecule has 0 unspecified atom stereocenters. The Balaban J connectivity index is 1.66. The first kappa shape index (κ1) is 19.9. The van der Waals surface area contributed by atoms with Gasteiger partial charge in [0.2, 0.25) is 0 Å². The number of aliphatic hydroxyl groups excluding tert-OH is 3. The van der Waals surface area contributed by atoms with Crippen LogP contribution in [0.25, 0.3) is 5.69 Å². The Hall–Kier alpha value is -3.19. The predicted octanol–water partition coefficient (Wildman–Crippen LogP) is 1.51. The van der Waals surface area contributed by atoms with Gasteiger partial charge in [-0.05, 0) is 30.3 Å². The summed E-state index contributed by atoms with van der Waals surface area (Å²) in [6.45, 7) is -5.88. The summed E-state index contributed by atoms with van der Waals surface area (Å²) < 4.78 is 74.3. The third-order valence-corrected chi connectivity index (χ3v) is 6.06. The number of ether oxygens (including phenoxy) is 3. The van der Waals surface area contributed by atoms with Crippen molar-refractivity contribution in [3.8, 4) is 5.69 Å². The van der Waals surface area contributed by atoms with Gasteiger partial charge in [-0.2, -0.15) is 0 Å². The van der Waals surface area contributed by atoms with Crippen LogP contribution in [0.2, 0.25) is 5.02 Å². The summed E-state index contributed by atoms with van der Waals surface area (Å²) in [6.07, 6.45) is -10.7. The van der Waals surface area contributed by atoms with Crippen LogP contribution in [-0.2, 0) is 32.1 Å². The zero-order valence-electron chi connectivity index (χ0n) is 24.0. The lowest BCUT2D eigenvalue weighted by Crippen LogP contribution is -2.60. The minimum absolute atomic E-state index is 0.0132. The molecular formula is C25H23ClFN3O7. The average molecular weight is 537 g/mol. The molecule has 0 spiro atoms. The molecule has 3 heterocycles. The van der Waals surface area contributed by atoms with Crippen LogP contribution in [0.4, 0.5) is 4.39 Å². The average Bonchev–Trinajstić information content (AvgIpc) is 3.26. The molecule has 5 atom stereocenters. The Morgan fingerprint density at radius 2 is 2.05 bits per heavy atom. The number of aromatic nitrogens is 2. The van der Waals surface area contributed by atoms with E-state index in [2.05, 4.69) is 14.7 Å². The van der Waals surface area contributed by atoms with Crippen LogP contribution >= 0.6 is 11.6 Å². The first-order chi connectivity index (χ1) is 19.7. The number of hydrogen-bond donors (Lipinski definition) is 3. The number of carbonyl (C=O) groups is 1. The number of imidazole rings is 1. The van der Waals surface area contributed by atoms with Gasteiger partial charge in [-0.1, -0.05) is 23.7 Å². The lowest BCUT2D eigenvalue weighted by Gasteiger charge is -2.38. The number of carbonyl (C=O) groups excluding carboxylic acids is 1. The number of esters is 1. The summed E-state index contributed by atoms with van der Waals surface area (Å²) in [5, 5.41) is 31.0. The quantitative estimate of drug-likeness (QED) is 0.418. The van der Waals surface area contributed by atoms with E-state index in [0.717, 1.165) is 17.7 Å². The minimum Gasteiger partial charge on any atom is -0.467 e. The highest BCUT2D eigenvalue weighted by Crippen LogP contribution is 2.31. The number of fused-ring (bicyclic) bond motifs is 3. The van der Waals surface area contributed by atoms with Crippen LogP contribution < -0.4 is 0 Å². The first-order valence-corrected chi connectivity index (χ1v) is 11.3. The Bertz CT molecular complexity index is 1590. The van der Waals surface area contributed by atoms with Crippen LogP contribution in [-0.4, -0.2) is 74.4 Å². The van der Waals surface area contributed by atoms with Gasteiger partial charge in [0.25, 0.3) is 0 Å². The molecular weight excluding hydrogens is 509 g/mol. The normalized spacial score (nSPS) is 28.8. The molecule has 0 radical (unpaired) electrons. The Morgan fingerprint density at radius 3 is 2.81 bits per heavy atom. The SMILES string of the molecule is [2H]c1nc(C([2H])([2H])O[C@@H]2O[C@H](C(=O)OC)[C@@H](O)[C@H](O)[C@H]2O)n2c1C([2H])([2H])N=C(c1ccccc1F)c1cc(Cl)ccc1-2. The van der Waals surface area contributed by atoms with Crippen LogP contribution in [0.1, 0.15) is 29.5 Å². The molecule has 5 rings (SSSR count). The molecule has 12 heteroatoms. The fourth-order valence-corrected chi connectivity index (χ4v) is 4.15. The van der Waals surface area contributed by atoms with Crippen molar-refractivity contribution >= 4 is 23.3 Å². The smallest absolute Gasteiger partial charge is 0.337 e. The molecule has 0 amide bonds. The van der Waals surface area contributed by atoms with Crippen molar-refractivity contribution in [3.63, 3.8) is 0 Å². The molecule has 10 nitrogen and oxygen atoms in total. The molecule has 37 heavy (non-hydrogen) atoms. The standard InChI is InChI=1S/C25H23ClFN3O7/c1-35-24(34)23-21(32)20(31)22(33)25(37-23)36-11-18-28-9-13-10-29-19(14-4-2-3-5-16(14)27)15-8-12(26)6-7-17(15)30(13)18/h2-9,20-23,25,31-33H,10-11H2,1H3/t20-,21-,22+,23-,25+/m0/s1/i9D,10D2,11D2. The molecule has 1 saturated heterocycles. The highest BCUT2D eigenvalue weighted by Gasteiger charge is 2.48. The number of methoxy groups -OCH3 is 1. The molecule has 1 aromatic heterocycles. The molecule has 1 fully saturated rings. The van der Waals surface area contributed by atoms with Crippen LogP contribution in [0.15, 0.2) is 53.6 Å². The van der Waals surface area contributed by atoms with Gasteiger partial charge in [-0.3, -0.25) is 9.56 Å². The molecule has 2 aromatic carbocycles. The fourth-order valence-electron chi connectivity index (χ4n) is 3.98. The summed E-state index contributed by atoms with van der Waals surface area (Å²) >= 11 is 6.25. The van der Waals surface area contributed by atoms with Gasteiger partial charge in [0.05, 0.1) is 43.7 Å². The molecule has 0 bridgehead atoms. The van der Waals surface area contributed by atoms with E-state index >= 15 is 0 Å². The van der Waals surface area contributed by atoms with E-state index < -0.39 is 73.2 Å². The van der Waals surface area contributed by atoms with E-state index in [4.69, 9.17) is 27.9 Å². The minimum atomic E-state index is -3.11. The van der Waals surface area contributed by atoms with E-state index in [1.54, 1.807) is 0 Å². The number of rotatable bonds is 5. The molecule has 0 saturated carbocycles. The van der Waals surface area contributed by atoms with E-state index in [1.807, 2.05) is 0 Å². The van der Waals surface area contributed by atoms with Crippen molar-refractivity contribution in [1.82, 2.24) is 9.55 Å². The third kappa shape index (κ3) is 4.65. The number of nitrogens with zero attached hydrogens (tertiary/aromatic N) is 3. The second kappa shape index (κ2) is 10.3. The summed E-state index contributed by atoms with van der Waals surface area (Å²) in [7, 11) is 0.982. The topological polar surface area (TPSA) is 136 Å². The van der Waals surface area contributed by atoms with E-state index in [1.165, 1.54) is 36.4 Å². The van der Waals surface area contributed by atoms with Gasteiger partial charge in [0.1, 0.15) is 36.5 Å². The van der Waals surface area contributed by atoms with Crippen molar-refractivity contribution in [2.45, 2.75) is 43.8 Å². The summed E-state index contributed by atoms with van der Waals surface area (Å²) in [4.78, 5) is 20.1. The summed E-state index contributed by atoms with van der Waals surface area (Å²) in [5.74, 6) is -2.58. The highest BCUT2D eigenvalue weighted by atomic mass is 35.5. The summed E-state index contributed by atoms with van der Waals surface area (Å²) in [6, 6.07) is 9.62. The predicted molar refractivity (Wildman–Crippen MR) is 128 cm³/mol. The van der Waals surface area contributed by atoms with Gasteiger partial charge in [0, 0.05) is 16.1 Å². The molecule has 3 N–H and O–H groups in total. The Labute approximate surface area is 222 Å². The van der Waals surface area contributed by atoms with Gasteiger partial charge in [0.15, 0.2) is 12.4 Å². The number of benzene rings is 2. The highest BCUT2D eigenvalue weighted by molar-refractivity contribution is 6.31. The number of aliphatic hydroxyl groups is 3. The maximum atomic E-state index is 14.9. The number of hydrogen-bond acceptors (Lipinski definition) is 9. The maximum absolute atomic E-state index is 14.9. The largest absolute Gasteiger partial charge is 0.467 e. The van der Waals surface area contributed by atoms with Gasteiger partial charge in [-0.25, -0.2) is 14.2 Å². The van der Waals surface area contributed by atoms with Gasteiger partial charge in [-0.15, -0.1) is 0 Å². The van der Waals surface area contributed by atoms with Crippen molar-refractivity contribution in [3.05, 3.63) is 82.1 Å². The molecule has 2 aliphatic heterocycles. The second-order valence-electron chi connectivity index (χ2n) is 8.08.